The maximum Gasteiger partial charge on any atom is 0.320 e. The van der Waals surface area contributed by atoms with Crippen molar-refractivity contribution in [3.8, 4) is 0 Å². The minimum atomic E-state index is -0.862. The van der Waals surface area contributed by atoms with E-state index in [4.69, 9.17) is 5.11 Å². The van der Waals surface area contributed by atoms with E-state index in [2.05, 4.69) is 20.9 Å². The second-order valence-corrected chi connectivity index (χ2v) is 7.60. The van der Waals surface area contributed by atoms with E-state index < -0.39 is 17.6 Å². The predicted octanol–water partition coefficient (Wildman–Crippen LogP) is 1.55. The van der Waals surface area contributed by atoms with Gasteiger partial charge >= 0.3 is 5.97 Å². The van der Waals surface area contributed by atoms with Crippen LogP contribution in [0.1, 0.15) is 53.5 Å². The number of aromatic nitrogens is 3. The summed E-state index contributed by atoms with van der Waals surface area (Å²) in [6.07, 6.45) is 2.23. The van der Waals surface area contributed by atoms with Gasteiger partial charge in [-0.05, 0) is 51.3 Å². The molecule has 0 unspecified atom stereocenters. The molecule has 2 atom stereocenters. The largest absolute Gasteiger partial charge is 0.480 e. The molecule has 3 N–H and O–H groups in total. The van der Waals surface area contributed by atoms with Crippen LogP contribution >= 0.6 is 0 Å². The third kappa shape index (κ3) is 3.85. The summed E-state index contributed by atoms with van der Waals surface area (Å²) < 4.78 is 1.68. The maximum absolute atomic E-state index is 12.7. The van der Waals surface area contributed by atoms with Crippen LogP contribution in [-0.4, -0.2) is 44.6 Å². The monoisotopic (exact) mass is 371 g/mol. The molecule has 2 heterocycles. The summed E-state index contributed by atoms with van der Waals surface area (Å²) in [5, 5.41) is 23.5. The van der Waals surface area contributed by atoms with Gasteiger partial charge in [-0.2, -0.15) is 0 Å². The van der Waals surface area contributed by atoms with Crippen molar-refractivity contribution in [2.45, 2.75) is 51.7 Å². The lowest BCUT2D eigenvalue weighted by atomic mass is 9.98. The number of hydrogen-bond donors (Lipinski definition) is 3. The Labute approximate surface area is 158 Å². The average Bonchev–Trinajstić information content (AvgIpc) is 3.26. The van der Waals surface area contributed by atoms with E-state index in [-0.39, 0.29) is 11.9 Å². The molecule has 0 bridgehead atoms. The van der Waals surface area contributed by atoms with Gasteiger partial charge < -0.3 is 15.7 Å². The Kier molecular flexibility index (Phi) is 5.01. The lowest BCUT2D eigenvalue weighted by Gasteiger charge is -2.24. The Balaban J connectivity index is 1.74. The van der Waals surface area contributed by atoms with Gasteiger partial charge in [0.2, 0.25) is 0 Å². The molecule has 1 amide bonds. The Bertz CT molecular complexity index is 874. The van der Waals surface area contributed by atoms with Gasteiger partial charge in [-0.3, -0.25) is 9.59 Å². The Morgan fingerprint density at radius 3 is 2.74 bits per heavy atom. The molecular weight excluding hydrogens is 346 g/mol. The number of rotatable bonds is 5. The summed E-state index contributed by atoms with van der Waals surface area (Å²) in [6.45, 7) is 8.17. The Hall–Kier alpha value is -2.74. The van der Waals surface area contributed by atoms with Crippen molar-refractivity contribution in [1.29, 1.82) is 0 Å². The minimum absolute atomic E-state index is 0.0714. The number of aliphatic carboxylic acids is 1. The van der Waals surface area contributed by atoms with Crippen molar-refractivity contribution in [2.75, 3.05) is 6.54 Å². The first-order chi connectivity index (χ1) is 12.7. The number of carboxylic acid groups (broad SMARTS) is 1. The maximum atomic E-state index is 12.7. The van der Waals surface area contributed by atoms with Crippen molar-refractivity contribution >= 4 is 11.9 Å². The summed E-state index contributed by atoms with van der Waals surface area (Å²) in [6, 6.07) is 5.01. The van der Waals surface area contributed by atoms with Gasteiger partial charge in [-0.25, -0.2) is 4.68 Å². The molecule has 1 aliphatic heterocycles. The van der Waals surface area contributed by atoms with Crippen LogP contribution in [-0.2, 0) is 10.3 Å². The van der Waals surface area contributed by atoms with Crippen LogP contribution in [0.2, 0.25) is 0 Å². The number of amides is 1. The van der Waals surface area contributed by atoms with E-state index in [1.54, 1.807) is 16.9 Å². The van der Waals surface area contributed by atoms with Crippen molar-refractivity contribution in [3.05, 3.63) is 46.8 Å². The first-order valence-corrected chi connectivity index (χ1v) is 8.96. The molecule has 3 rings (SSSR count). The molecule has 1 aliphatic rings. The van der Waals surface area contributed by atoms with E-state index >= 15 is 0 Å². The second kappa shape index (κ2) is 7.11. The lowest BCUT2D eigenvalue weighted by Crippen LogP contribution is -2.41. The zero-order valence-corrected chi connectivity index (χ0v) is 16.0. The van der Waals surface area contributed by atoms with Crippen LogP contribution in [0, 0.1) is 13.8 Å². The number of benzene rings is 1. The number of carbonyl (C=O) groups excluding carboxylic acids is 1. The summed E-state index contributed by atoms with van der Waals surface area (Å²) in [5.74, 6) is -1.02. The highest BCUT2D eigenvalue weighted by Crippen LogP contribution is 2.23. The first-order valence-electron chi connectivity index (χ1n) is 8.96. The minimum Gasteiger partial charge on any atom is -0.480 e. The third-order valence-electron chi connectivity index (χ3n) is 5.21. The number of aryl methyl sites for hydroxylation is 1. The molecule has 0 spiro atoms. The molecule has 1 aromatic heterocycles. The highest BCUT2D eigenvalue weighted by atomic mass is 16.4. The smallest absolute Gasteiger partial charge is 0.320 e. The van der Waals surface area contributed by atoms with Gasteiger partial charge in [0.1, 0.15) is 11.7 Å². The van der Waals surface area contributed by atoms with E-state index in [1.165, 1.54) is 0 Å². The second-order valence-electron chi connectivity index (χ2n) is 7.60. The number of nitrogens with one attached hydrogen (secondary N) is 2. The normalized spacial score (nSPS) is 19.9. The number of hydrogen-bond acceptors (Lipinski definition) is 5. The lowest BCUT2D eigenvalue weighted by molar-refractivity contribution is -0.139. The molecule has 8 heteroatoms. The van der Waals surface area contributed by atoms with Crippen LogP contribution in [0.25, 0.3) is 0 Å². The molecule has 1 saturated heterocycles. The summed E-state index contributed by atoms with van der Waals surface area (Å²) in [4.78, 5) is 23.8. The van der Waals surface area contributed by atoms with Gasteiger partial charge in [-0.1, -0.05) is 17.3 Å². The van der Waals surface area contributed by atoms with Crippen LogP contribution in [0.3, 0.4) is 0 Å². The number of carbonyl (C=O) groups is 2. The zero-order valence-electron chi connectivity index (χ0n) is 16.0. The zero-order chi connectivity index (χ0) is 19.8. The summed E-state index contributed by atoms with van der Waals surface area (Å²) >= 11 is 0. The van der Waals surface area contributed by atoms with Crippen LogP contribution in [0.4, 0.5) is 0 Å². The molecule has 1 aromatic carbocycles. The molecule has 0 aliphatic carbocycles. The average molecular weight is 371 g/mol. The summed E-state index contributed by atoms with van der Waals surface area (Å²) in [5.41, 5.74) is 2.56. The van der Waals surface area contributed by atoms with Gasteiger partial charge in [0.05, 0.1) is 17.8 Å². The number of nitrogens with zero attached hydrogens (tertiary/aromatic N) is 3. The standard InChI is InChI=1S/C19H25N5O3/c1-11-6-5-7-14(12(11)2)17(25)21-19(3,4)16-10-24(23-22-16)13-8-15(18(26)27)20-9-13/h5-7,10,13,15,20H,8-9H2,1-4H3,(H,21,25)(H,26,27)/t13-,15-/m0/s1. The van der Waals surface area contributed by atoms with Gasteiger partial charge in [0.25, 0.3) is 5.91 Å². The van der Waals surface area contributed by atoms with Crippen LogP contribution < -0.4 is 10.6 Å². The predicted molar refractivity (Wildman–Crippen MR) is 99.5 cm³/mol. The highest BCUT2D eigenvalue weighted by Gasteiger charge is 2.33. The topological polar surface area (TPSA) is 109 Å². The van der Waals surface area contributed by atoms with E-state index in [1.807, 2.05) is 39.8 Å². The summed E-state index contributed by atoms with van der Waals surface area (Å²) in [7, 11) is 0. The fourth-order valence-corrected chi connectivity index (χ4v) is 3.26. The van der Waals surface area contributed by atoms with E-state index in [9.17, 15) is 9.59 Å². The van der Waals surface area contributed by atoms with E-state index in [0.717, 1.165) is 11.1 Å². The van der Waals surface area contributed by atoms with Gasteiger partial charge in [0, 0.05) is 12.1 Å². The van der Waals surface area contributed by atoms with Gasteiger partial charge in [0.15, 0.2) is 0 Å². The van der Waals surface area contributed by atoms with Crippen molar-refractivity contribution in [2.24, 2.45) is 0 Å². The van der Waals surface area contributed by atoms with E-state index in [0.29, 0.717) is 24.2 Å². The van der Waals surface area contributed by atoms with Crippen molar-refractivity contribution in [1.82, 2.24) is 25.6 Å². The molecular formula is C19H25N5O3. The molecule has 1 fully saturated rings. The van der Waals surface area contributed by atoms with Crippen molar-refractivity contribution in [3.63, 3.8) is 0 Å². The first kappa shape index (κ1) is 19.0. The van der Waals surface area contributed by atoms with Crippen molar-refractivity contribution < 1.29 is 14.7 Å². The SMILES string of the molecule is Cc1cccc(C(=O)NC(C)(C)c2cn([C@@H]3CN[C@H](C(=O)O)C3)nn2)c1C. The molecule has 2 aromatic rings. The number of carboxylic acids is 1. The Morgan fingerprint density at radius 1 is 1.33 bits per heavy atom. The van der Waals surface area contributed by atoms with Crippen LogP contribution in [0.15, 0.2) is 24.4 Å². The third-order valence-corrected chi connectivity index (χ3v) is 5.21. The fraction of sp³-hybridized carbons (Fsp3) is 0.474. The molecule has 0 saturated carbocycles. The molecule has 0 radical (unpaired) electrons. The molecule has 144 valence electrons. The molecule has 27 heavy (non-hydrogen) atoms. The highest BCUT2D eigenvalue weighted by molar-refractivity contribution is 5.96. The molecule has 8 nitrogen and oxygen atoms in total. The fourth-order valence-electron chi connectivity index (χ4n) is 3.26. The quantitative estimate of drug-likeness (QED) is 0.736. The van der Waals surface area contributed by atoms with Crippen LogP contribution in [0.5, 0.6) is 0 Å². The van der Waals surface area contributed by atoms with Gasteiger partial charge in [-0.15, -0.1) is 5.10 Å². The Morgan fingerprint density at radius 2 is 2.07 bits per heavy atom.